The number of rotatable bonds is 5. The van der Waals surface area contributed by atoms with Crippen molar-refractivity contribution in [1.29, 1.82) is 0 Å². The van der Waals surface area contributed by atoms with Crippen molar-refractivity contribution in [3.8, 4) is 0 Å². The lowest BCUT2D eigenvalue weighted by atomic mass is 9.82. The van der Waals surface area contributed by atoms with E-state index in [0.29, 0.717) is 0 Å². The van der Waals surface area contributed by atoms with Crippen molar-refractivity contribution in [2.75, 3.05) is 0 Å². The smallest absolute Gasteiger partial charge is 0.0279 e. The molecular formula is C21H30. The van der Waals surface area contributed by atoms with Crippen LogP contribution in [-0.4, -0.2) is 0 Å². The lowest BCUT2D eigenvalue weighted by Crippen LogP contribution is -2.15. The van der Waals surface area contributed by atoms with E-state index >= 15 is 0 Å². The SMILES string of the molecule is CCc1ccc(CCCC2CC3C4CCC(C4)C3C2)cc1. The van der Waals surface area contributed by atoms with E-state index in [4.69, 9.17) is 0 Å². The first-order valence-corrected chi connectivity index (χ1v) is 9.41. The molecule has 0 spiro atoms. The maximum Gasteiger partial charge on any atom is -0.0279 e. The number of hydrogen-bond donors (Lipinski definition) is 0. The minimum atomic E-state index is 1.07. The van der Waals surface area contributed by atoms with Crippen molar-refractivity contribution in [3.63, 3.8) is 0 Å². The molecule has 3 aliphatic carbocycles. The van der Waals surface area contributed by atoms with Crippen molar-refractivity contribution < 1.29 is 0 Å². The van der Waals surface area contributed by atoms with Crippen LogP contribution in [0.15, 0.2) is 24.3 Å². The second kappa shape index (κ2) is 5.78. The van der Waals surface area contributed by atoms with E-state index in [2.05, 4.69) is 31.2 Å². The third-order valence-electron chi connectivity index (χ3n) is 6.99. The molecule has 0 heterocycles. The molecular weight excluding hydrogens is 252 g/mol. The van der Waals surface area contributed by atoms with Crippen molar-refractivity contribution in [2.45, 2.75) is 64.7 Å². The maximum atomic E-state index is 2.35. The predicted molar refractivity (Wildman–Crippen MR) is 89.3 cm³/mol. The molecule has 3 fully saturated rings. The molecule has 0 aromatic heterocycles. The highest BCUT2D eigenvalue weighted by atomic mass is 14.6. The Balaban J connectivity index is 1.25. The zero-order valence-electron chi connectivity index (χ0n) is 13.6. The summed E-state index contributed by atoms with van der Waals surface area (Å²) in [6.07, 6.45) is 13.3. The number of benzene rings is 1. The van der Waals surface area contributed by atoms with E-state index in [0.717, 1.165) is 36.0 Å². The minimum absolute atomic E-state index is 1.07. The maximum absolute atomic E-state index is 2.35. The highest BCUT2D eigenvalue weighted by Gasteiger charge is 2.51. The van der Waals surface area contributed by atoms with E-state index in [-0.39, 0.29) is 0 Å². The third kappa shape index (κ3) is 2.67. The average Bonchev–Trinajstić information content (AvgIpc) is 3.20. The van der Waals surface area contributed by atoms with Crippen LogP contribution in [0.4, 0.5) is 0 Å². The lowest BCUT2D eigenvalue weighted by molar-refractivity contribution is 0.259. The molecule has 0 aliphatic heterocycles. The molecule has 4 unspecified atom stereocenters. The molecule has 3 aliphatic rings. The van der Waals surface area contributed by atoms with E-state index in [1.807, 2.05) is 0 Å². The topological polar surface area (TPSA) is 0 Å². The van der Waals surface area contributed by atoms with Crippen LogP contribution in [0, 0.1) is 29.6 Å². The molecule has 0 amide bonds. The standard InChI is InChI=1S/C21H30/c1-2-15-6-8-16(9-7-15)4-3-5-17-12-20-18-10-11-19(14-18)21(20)13-17/h6-9,17-21H,2-5,10-14H2,1H3. The van der Waals surface area contributed by atoms with Crippen molar-refractivity contribution >= 4 is 0 Å². The lowest BCUT2D eigenvalue weighted by Gasteiger charge is -2.23. The number of aryl methyl sites for hydroxylation is 2. The first kappa shape index (κ1) is 13.9. The summed E-state index contributed by atoms with van der Waals surface area (Å²) in [6, 6.07) is 9.32. The van der Waals surface area contributed by atoms with Crippen LogP contribution < -0.4 is 0 Å². The van der Waals surface area contributed by atoms with Gasteiger partial charge in [-0.1, -0.05) is 37.6 Å². The second-order valence-corrected chi connectivity index (χ2v) is 8.06. The molecule has 1 aromatic carbocycles. The van der Waals surface area contributed by atoms with E-state index in [1.54, 1.807) is 37.7 Å². The van der Waals surface area contributed by atoms with Crippen molar-refractivity contribution in [1.82, 2.24) is 0 Å². The van der Waals surface area contributed by atoms with Gasteiger partial charge in [-0.15, -0.1) is 0 Å². The molecule has 0 saturated heterocycles. The molecule has 4 rings (SSSR count). The summed E-state index contributed by atoms with van der Waals surface area (Å²) in [6.45, 7) is 2.24. The molecule has 0 heteroatoms. The summed E-state index contributed by atoms with van der Waals surface area (Å²) < 4.78 is 0. The highest BCUT2D eigenvalue weighted by Crippen LogP contribution is 2.60. The highest BCUT2D eigenvalue weighted by molar-refractivity contribution is 5.22. The number of fused-ring (bicyclic) bond motifs is 5. The summed E-state index contributed by atoms with van der Waals surface area (Å²) in [5, 5.41) is 0. The van der Waals surface area contributed by atoms with E-state index < -0.39 is 0 Å². The summed E-state index contributed by atoms with van der Waals surface area (Å²) in [5.74, 6) is 5.66. The van der Waals surface area contributed by atoms with Gasteiger partial charge in [-0.05, 0) is 92.1 Å². The van der Waals surface area contributed by atoms with Gasteiger partial charge in [0, 0.05) is 0 Å². The van der Waals surface area contributed by atoms with E-state index in [9.17, 15) is 0 Å². The van der Waals surface area contributed by atoms with Gasteiger partial charge in [-0.2, -0.15) is 0 Å². The van der Waals surface area contributed by atoms with Gasteiger partial charge in [0.25, 0.3) is 0 Å². The molecule has 4 atom stereocenters. The Morgan fingerprint density at radius 2 is 1.48 bits per heavy atom. The van der Waals surface area contributed by atoms with Crippen LogP contribution in [0.3, 0.4) is 0 Å². The Morgan fingerprint density at radius 3 is 2.10 bits per heavy atom. The first-order chi connectivity index (χ1) is 10.3. The average molecular weight is 282 g/mol. The zero-order valence-corrected chi connectivity index (χ0v) is 13.6. The van der Waals surface area contributed by atoms with Crippen LogP contribution >= 0.6 is 0 Å². The quantitative estimate of drug-likeness (QED) is 0.655. The molecule has 1 aromatic rings. The number of hydrogen-bond acceptors (Lipinski definition) is 0. The normalized spacial score (nSPS) is 37.1. The van der Waals surface area contributed by atoms with Gasteiger partial charge in [0.15, 0.2) is 0 Å². The van der Waals surface area contributed by atoms with Crippen molar-refractivity contribution in [2.24, 2.45) is 29.6 Å². The van der Waals surface area contributed by atoms with E-state index in [1.165, 1.54) is 24.8 Å². The van der Waals surface area contributed by atoms with Gasteiger partial charge in [0.1, 0.15) is 0 Å². The molecule has 3 saturated carbocycles. The Kier molecular flexibility index (Phi) is 3.81. The minimum Gasteiger partial charge on any atom is -0.0613 e. The van der Waals surface area contributed by atoms with Gasteiger partial charge in [-0.3, -0.25) is 0 Å². The zero-order chi connectivity index (χ0) is 14.2. The fraction of sp³-hybridized carbons (Fsp3) is 0.714. The summed E-state index contributed by atoms with van der Waals surface area (Å²) >= 11 is 0. The largest absolute Gasteiger partial charge is 0.0613 e. The fourth-order valence-electron chi connectivity index (χ4n) is 5.90. The summed E-state index contributed by atoms with van der Waals surface area (Å²) in [7, 11) is 0. The van der Waals surface area contributed by atoms with Crippen LogP contribution in [0.25, 0.3) is 0 Å². The Hall–Kier alpha value is -0.780. The Labute approximate surface area is 130 Å². The summed E-state index contributed by atoms with van der Waals surface area (Å²) in [4.78, 5) is 0. The monoisotopic (exact) mass is 282 g/mol. The Bertz CT molecular complexity index is 453. The molecule has 114 valence electrons. The summed E-state index contributed by atoms with van der Waals surface area (Å²) in [5.41, 5.74) is 3.02. The third-order valence-corrected chi connectivity index (χ3v) is 6.99. The Morgan fingerprint density at radius 1 is 0.857 bits per heavy atom. The van der Waals surface area contributed by atoms with Gasteiger partial charge in [-0.25, -0.2) is 0 Å². The second-order valence-electron chi connectivity index (χ2n) is 8.06. The van der Waals surface area contributed by atoms with Gasteiger partial charge >= 0.3 is 0 Å². The fourth-order valence-corrected chi connectivity index (χ4v) is 5.90. The first-order valence-electron chi connectivity index (χ1n) is 9.41. The molecule has 2 bridgehead atoms. The molecule has 0 N–H and O–H groups in total. The van der Waals surface area contributed by atoms with Crippen LogP contribution in [0.2, 0.25) is 0 Å². The van der Waals surface area contributed by atoms with Gasteiger partial charge < -0.3 is 0 Å². The molecule has 0 radical (unpaired) electrons. The predicted octanol–water partition coefficient (Wildman–Crippen LogP) is 5.64. The van der Waals surface area contributed by atoms with Gasteiger partial charge in [0.05, 0.1) is 0 Å². The van der Waals surface area contributed by atoms with Crippen molar-refractivity contribution in [3.05, 3.63) is 35.4 Å². The van der Waals surface area contributed by atoms with Crippen LogP contribution in [0.5, 0.6) is 0 Å². The molecule has 21 heavy (non-hydrogen) atoms. The molecule has 0 nitrogen and oxygen atoms in total. The van der Waals surface area contributed by atoms with Gasteiger partial charge in [0.2, 0.25) is 0 Å². The van der Waals surface area contributed by atoms with Crippen LogP contribution in [-0.2, 0) is 12.8 Å². The van der Waals surface area contributed by atoms with Crippen LogP contribution in [0.1, 0.15) is 63.0 Å².